The van der Waals surface area contributed by atoms with Crippen LogP contribution in [0.4, 0.5) is 0 Å². The molecule has 0 aliphatic carbocycles. The minimum atomic E-state index is -0.474. The Hall–Kier alpha value is -1.96. The summed E-state index contributed by atoms with van der Waals surface area (Å²) in [6.45, 7) is 2.74. The molecule has 0 unspecified atom stereocenters. The SMILES string of the molecule is CCCCCCOc1c(OC)cc(C(=O)Oc2ccc(CCI)cc2)cc1OC. The molecule has 5 nitrogen and oxygen atoms in total. The molecule has 2 rings (SSSR count). The van der Waals surface area contributed by atoms with E-state index in [2.05, 4.69) is 29.5 Å². The zero-order valence-corrected chi connectivity index (χ0v) is 19.5. The first-order valence-electron chi connectivity index (χ1n) is 9.88. The summed E-state index contributed by atoms with van der Waals surface area (Å²) in [6, 6.07) is 10.8. The molecule has 0 fully saturated rings. The molecule has 0 atom stereocenters. The second kappa shape index (κ2) is 12.6. The van der Waals surface area contributed by atoms with Crippen molar-refractivity contribution >= 4 is 28.6 Å². The normalized spacial score (nSPS) is 10.5. The highest BCUT2D eigenvalue weighted by molar-refractivity contribution is 14.1. The number of benzene rings is 2. The van der Waals surface area contributed by atoms with Crippen LogP contribution in [0.1, 0.15) is 48.5 Å². The van der Waals surface area contributed by atoms with Gasteiger partial charge in [0.15, 0.2) is 11.5 Å². The van der Waals surface area contributed by atoms with E-state index in [1.54, 1.807) is 26.4 Å². The Morgan fingerprint density at radius 3 is 2.17 bits per heavy atom. The molecule has 0 heterocycles. The Morgan fingerprint density at radius 2 is 1.62 bits per heavy atom. The van der Waals surface area contributed by atoms with Crippen LogP contribution in [0, 0.1) is 0 Å². The van der Waals surface area contributed by atoms with Crippen LogP contribution < -0.4 is 18.9 Å². The van der Waals surface area contributed by atoms with Crippen molar-refractivity contribution in [3.05, 3.63) is 47.5 Å². The third-order valence-electron chi connectivity index (χ3n) is 4.46. The van der Waals surface area contributed by atoms with E-state index in [-0.39, 0.29) is 0 Å². The number of hydrogen-bond donors (Lipinski definition) is 0. The van der Waals surface area contributed by atoms with Gasteiger partial charge in [-0.05, 0) is 42.7 Å². The molecular formula is C23H29IO5. The number of esters is 1. The zero-order valence-electron chi connectivity index (χ0n) is 17.3. The van der Waals surface area contributed by atoms with Crippen molar-refractivity contribution in [3.8, 4) is 23.0 Å². The quantitative estimate of drug-likeness (QED) is 0.117. The Bertz CT molecular complexity index is 748. The monoisotopic (exact) mass is 512 g/mol. The number of carbonyl (C=O) groups is 1. The van der Waals surface area contributed by atoms with Crippen molar-refractivity contribution in [2.75, 3.05) is 25.3 Å². The van der Waals surface area contributed by atoms with Gasteiger partial charge in [0.05, 0.1) is 26.4 Å². The molecule has 0 aliphatic rings. The molecule has 0 spiro atoms. The van der Waals surface area contributed by atoms with Gasteiger partial charge in [0, 0.05) is 4.43 Å². The first kappa shape index (κ1) is 23.3. The number of aryl methyl sites for hydroxylation is 1. The van der Waals surface area contributed by atoms with E-state index in [9.17, 15) is 4.79 Å². The number of rotatable bonds is 12. The maximum atomic E-state index is 12.6. The number of ether oxygens (including phenoxy) is 4. The van der Waals surface area contributed by atoms with Crippen molar-refractivity contribution in [1.82, 2.24) is 0 Å². The average molecular weight is 512 g/mol. The predicted molar refractivity (Wildman–Crippen MR) is 123 cm³/mol. The molecular weight excluding hydrogens is 483 g/mol. The topological polar surface area (TPSA) is 54.0 Å². The average Bonchev–Trinajstić information content (AvgIpc) is 2.74. The highest BCUT2D eigenvalue weighted by atomic mass is 127. The smallest absolute Gasteiger partial charge is 0.343 e. The summed E-state index contributed by atoms with van der Waals surface area (Å²) in [7, 11) is 3.08. The molecule has 0 amide bonds. The number of methoxy groups -OCH3 is 2. The van der Waals surface area contributed by atoms with E-state index in [4.69, 9.17) is 18.9 Å². The van der Waals surface area contributed by atoms with Crippen molar-refractivity contribution < 1.29 is 23.7 Å². The summed E-state index contributed by atoms with van der Waals surface area (Å²) in [5.41, 5.74) is 1.55. The van der Waals surface area contributed by atoms with Gasteiger partial charge in [-0.15, -0.1) is 0 Å². The van der Waals surface area contributed by atoms with Crippen molar-refractivity contribution in [3.63, 3.8) is 0 Å². The Balaban J connectivity index is 2.12. The third-order valence-corrected chi connectivity index (χ3v) is 5.00. The molecule has 0 bridgehead atoms. The minimum absolute atomic E-state index is 0.341. The lowest BCUT2D eigenvalue weighted by atomic mass is 10.1. The van der Waals surface area contributed by atoms with E-state index in [1.807, 2.05) is 24.3 Å². The van der Waals surface area contributed by atoms with Gasteiger partial charge in [-0.3, -0.25) is 0 Å². The molecule has 0 N–H and O–H groups in total. The van der Waals surface area contributed by atoms with E-state index in [0.29, 0.717) is 35.2 Å². The van der Waals surface area contributed by atoms with Gasteiger partial charge in [0.2, 0.25) is 5.75 Å². The van der Waals surface area contributed by atoms with Crippen LogP contribution in [0.5, 0.6) is 23.0 Å². The van der Waals surface area contributed by atoms with Crippen molar-refractivity contribution in [2.24, 2.45) is 0 Å². The number of alkyl halides is 1. The number of halogens is 1. The fourth-order valence-electron chi connectivity index (χ4n) is 2.84. The van der Waals surface area contributed by atoms with E-state index < -0.39 is 5.97 Å². The summed E-state index contributed by atoms with van der Waals surface area (Å²) in [5.74, 6) is 1.43. The lowest BCUT2D eigenvalue weighted by molar-refractivity contribution is 0.0733. The fraction of sp³-hybridized carbons (Fsp3) is 0.435. The molecule has 0 saturated carbocycles. The fourth-order valence-corrected chi connectivity index (χ4v) is 3.47. The Morgan fingerprint density at radius 1 is 0.966 bits per heavy atom. The van der Waals surface area contributed by atoms with Crippen LogP contribution in [0.2, 0.25) is 0 Å². The Kier molecular flexibility index (Phi) is 10.1. The number of hydrogen-bond acceptors (Lipinski definition) is 5. The lowest BCUT2D eigenvalue weighted by Crippen LogP contribution is -2.10. The molecule has 6 heteroatoms. The lowest BCUT2D eigenvalue weighted by Gasteiger charge is -2.16. The molecule has 158 valence electrons. The van der Waals surface area contributed by atoms with E-state index in [0.717, 1.165) is 23.7 Å². The second-order valence-electron chi connectivity index (χ2n) is 6.59. The van der Waals surface area contributed by atoms with Crippen molar-refractivity contribution in [2.45, 2.75) is 39.0 Å². The van der Waals surface area contributed by atoms with Crippen LogP contribution in [0.25, 0.3) is 0 Å². The Labute approximate surface area is 186 Å². The molecule has 2 aromatic carbocycles. The molecule has 0 aliphatic heterocycles. The zero-order chi connectivity index (χ0) is 21.1. The summed E-state index contributed by atoms with van der Waals surface area (Å²) < 4.78 is 23.3. The molecule has 0 radical (unpaired) electrons. The van der Waals surface area contributed by atoms with E-state index in [1.165, 1.54) is 18.4 Å². The van der Waals surface area contributed by atoms with Gasteiger partial charge in [0.1, 0.15) is 5.75 Å². The summed E-state index contributed by atoms with van der Waals surface area (Å²) >= 11 is 2.34. The first-order chi connectivity index (χ1) is 14.1. The second-order valence-corrected chi connectivity index (χ2v) is 7.67. The van der Waals surface area contributed by atoms with E-state index >= 15 is 0 Å². The maximum Gasteiger partial charge on any atom is 0.343 e. The summed E-state index contributed by atoms with van der Waals surface area (Å²) in [4.78, 5) is 12.6. The van der Waals surface area contributed by atoms with Crippen LogP contribution in [-0.2, 0) is 6.42 Å². The van der Waals surface area contributed by atoms with Gasteiger partial charge in [-0.2, -0.15) is 0 Å². The highest BCUT2D eigenvalue weighted by Crippen LogP contribution is 2.39. The third kappa shape index (κ3) is 7.10. The standard InChI is InChI=1S/C23H29IO5/c1-4-5-6-7-14-28-22-20(26-2)15-18(16-21(22)27-3)23(25)29-19-10-8-17(9-11-19)12-13-24/h8-11,15-16H,4-7,12-14H2,1-3H3. The molecule has 0 aromatic heterocycles. The van der Waals surface area contributed by atoms with Crippen LogP contribution in [-0.4, -0.2) is 31.2 Å². The minimum Gasteiger partial charge on any atom is -0.493 e. The van der Waals surface area contributed by atoms with Crippen molar-refractivity contribution in [1.29, 1.82) is 0 Å². The first-order valence-corrected chi connectivity index (χ1v) is 11.4. The van der Waals surface area contributed by atoms with Crippen LogP contribution in [0.3, 0.4) is 0 Å². The predicted octanol–water partition coefficient (Wildman–Crippen LogP) is 5.86. The molecule has 2 aromatic rings. The van der Waals surface area contributed by atoms with Gasteiger partial charge >= 0.3 is 5.97 Å². The van der Waals surface area contributed by atoms with Crippen LogP contribution in [0.15, 0.2) is 36.4 Å². The molecule has 29 heavy (non-hydrogen) atoms. The van der Waals surface area contributed by atoms with Gasteiger partial charge < -0.3 is 18.9 Å². The summed E-state index contributed by atoms with van der Waals surface area (Å²) in [5, 5.41) is 0. The van der Waals surface area contributed by atoms with Gasteiger partial charge in [-0.1, -0.05) is 60.9 Å². The molecule has 0 saturated heterocycles. The highest BCUT2D eigenvalue weighted by Gasteiger charge is 2.19. The van der Waals surface area contributed by atoms with Crippen LogP contribution >= 0.6 is 22.6 Å². The largest absolute Gasteiger partial charge is 0.493 e. The number of carbonyl (C=O) groups excluding carboxylic acids is 1. The summed E-state index contributed by atoms with van der Waals surface area (Å²) in [6.07, 6.45) is 5.41. The maximum absolute atomic E-state index is 12.6. The van der Waals surface area contributed by atoms with Gasteiger partial charge in [-0.25, -0.2) is 4.79 Å². The number of unbranched alkanes of at least 4 members (excludes halogenated alkanes) is 3. The van der Waals surface area contributed by atoms with Gasteiger partial charge in [0.25, 0.3) is 0 Å².